The molecule has 1 heterocycles. The maximum atomic E-state index is 9.77. The first-order valence-corrected chi connectivity index (χ1v) is 5.65. The SMILES string of the molecule is CN(C)c1ncc(C(O)C(O)CCS)cn1. The van der Waals surface area contributed by atoms with E-state index in [4.69, 9.17) is 0 Å². The molecule has 0 radical (unpaired) electrons. The molecule has 1 aromatic heterocycles. The summed E-state index contributed by atoms with van der Waals surface area (Å²) in [4.78, 5) is 9.90. The molecule has 1 aromatic rings. The fourth-order valence-electron chi connectivity index (χ4n) is 1.23. The Bertz CT molecular complexity index is 318. The maximum Gasteiger partial charge on any atom is 0.224 e. The molecule has 0 bridgehead atoms. The van der Waals surface area contributed by atoms with E-state index in [0.717, 1.165) is 0 Å². The quantitative estimate of drug-likeness (QED) is 0.647. The molecule has 0 aliphatic carbocycles. The highest BCUT2D eigenvalue weighted by Gasteiger charge is 2.18. The van der Waals surface area contributed by atoms with Crippen molar-refractivity contribution < 1.29 is 10.2 Å². The van der Waals surface area contributed by atoms with Crippen LogP contribution in [0.1, 0.15) is 18.1 Å². The van der Waals surface area contributed by atoms with Crippen LogP contribution in [-0.2, 0) is 0 Å². The molecular formula is C10H17N3O2S. The van der Waals surface area contributed by atoms with Crippen molar-refractivity contribution in [1.82, 2.24) is 9.97 Å². The van der Waals surface area contributed by atoms with Gasteiger partial charge in [0.15, 0.2) is 0 Å². The molecule has 1 rings (SSSR count). The summed E-state index contributed by atoms with van der Waals surface area (Å²) in [5.41, 5.74) is 0.514. The molecule has 2 unspecified atom stereocenters. The first kappa shape index (κ1) is 13.2. The molecule has 16 heavy (non-hydrogen) atoms. The fourth-order valence-corrected chi connectivity index (χ4v) is 1.49. The van der Waals surface area contributed by atoms with E-state index in [1.54, 1.807) is 4.90 Å². The van der Waals surface area contributed by atoms with Crippen molar-refractivity contribution in [3.63, 3.8) is 0 Å². The van der Waals surface area contributed by atoms with E-state index in [9.17, 15) is 10.2 Å². The van der Waals surface area contributed by atoms with Crippen LogP contribution in [-0.4, -0.2) is 46.1 Å². The van der Waals surface area contributed by atoms with Gasteiger partial charge in [-0.25, -0.2) is 9.97 Å². The van der Waals surface area contributed by atoms with E-state index in [0.29, 0.717) is 23.7 Å². The second-order valence-corrected chi connectivity index (χ2v) is 4.18. The number of aromatic nitrogens is 2. The van der Waals surface area contributed by atoms with Crippen LogP contribution >= 0.6 is 12.6 Å². The van der Waals surface area contributed by atoms with E-state index in [1.807, 2.05) is 14.1 Å². The maximum absolute atomic E-state index is 9.77. The molecule has 5 nitrogen and oxygen atoms in total. The van der Waals surface area contributed by atoms with Gasteiger partial charge in [0.2, 0.25) is 5.95 Å². The minimum atomic E-state index is -0.955. The van der Waals surface area contributed by atoms with Gasteiger partial charge in [-0.1, -0.05) is 0 Å². The topological polar surface area (TPSA) is 69.5 Å². The fraction of sp³-hybridized carbons (Fsp3) is 0.600. The highest BCUT2D eigenvalue weighted by Crippen LogP contribution is 2.18. The highest BCUT2D eigenvalue weighted by molar-refractivity contribution is 7.80. The summed E-state index contributed by atoms with van der Waals surface area (Å²) in [6.07, 6.45) is 1.69. The third-order valence-corrected chi connectivity index (χ3v) is 2.45. The molecule has 0 aromatic carbocycles. The molecule has 0 saturated carbocycles. The average Bonchev–Trinajstić information content (AvgIpc) is 2.28. The lowest BCUT2D eigenvalue weighted by atomic mass is 10.1. The number of aliphatic hydroxyl groups excluding tert-OH is 2. The molecule has 0 aliphatic heterocycles. The van der Waals surface area contributed by atoms with E-state index in [2.05, 4.69) is 22.6 Å². The normalized spacial score (nSPS) is 14.6. The molecule has 0 amide bonds. The van der Waals surface area contributed by atoms with Crippen molar-refractivity contribution in [1.29, 1.82) is 0 Å². The zero-order valence-corrected chi connectivity index (χ0v) is 10.3. The molecule has 2 atom stereocenters. The van der Waals surface area contributed by atoms with Crippen molar-refractivity contribution >= 4 is 18.6 Å². The summed E-state index contributed by atoms with van der Waals surface area (Å²) in [6, 6.07) is 0. The largest absolute Gasteiger partial charge is 0.390 e. The Hall–Kier alpha value is -0.850. The monoisotopic (exact) mass is 243 g/mol. The minimum Gasteiger partial charge on any atom is -0.390 e. The van der Waals surface area contributed by atoms with Crippen molar-refractivity contribution in [2.45, 2.75) is 18.6 Å². The lowest BCUT2D eigenvalue weighted by Gasteiger charge is -2.17. The van der Waals surface area contributed by atoms with Crippen LogP contribution < -0.4 is 4.90 Å². The number of rotatable bonds is 5. The first-order valence-electron chi connectivity index (χ1n) is 5.02. The molecular weight excluding hydrogens is 226 g/mol. The van der Waals surface area contributed by atoms with Crippen LogP contribution in [0.2, 0.25) is 0 Å². The van der Waals surface area contributed by atoms with E-state index >= 15 is 0 Å². The Morgan fingerprint density at radius 1 is 1.31 bits per heavy atom. The molecule has 0 aliphatic rings. The van der Waals surface area contributed by atoms with Gasteiger partial charge in [0.1, 0.15) is 6.10 Å². The smallest absolute Gasteiger partial charge is 0.224 e. The van der Waals surface area contributed by atoms with Crippen LogP contribution in [0, 0.1) is 0 Å². The molecule has 0 saturated heterocycles. The summed E-state index contributed by atoms with van der Waals surface area (Å²) in [6.45, 7) is 0. The van der Waals surface area contributed by atoms with Gasteiger partial charge >= 0.3 is 0 Å². The van der Waals surface area contributed by atoms with Crippen molar-refractivity contribution in [3.8, 4) is 0 Å². The Labute approximate surface area is 101 Å². The highest BCUT2D eigenvalue weighted by atomic mass is 32.1. The number of nitrogens with zero attached hydrogens (tertiary/aromatic N) is 3. The van der Waals surface area contributed by atoms with E-state index < -0.39 is 12.2 Å². The number of aliphatic hydroxyl groups is 2. The van der Waals surface area contributed by atoms with Gasteiger partial charge in [-0.15, -0.1) is 0 Å². The third kappa shape index (κ3) is 3.33. The van der Waals surface area contributed by atoms with Crippen molar-refractivity contribution in [2.75, 3.05) is 24.7 Å². The Morgan fingerprint density at radius 2 is 1.88 bits per heavy atom. The molecule has 2 N–H and O–H groups in total. The Kier molecular flexibility index (Phi) is 4.98. The Balaban J connectivity index is 2.73. The summed E-state index contributed by atoms with van der Waals surface area (Å²) >= 11 is 4.00. The lowest BCUT2D eigenvalue weighted by Crippen LogP contribution is -2.20. The zero-order valence-electron chi connectivity index (χ0n) is 9.41. The molecule has 6 heteroatoms. The van der Waals surface area contributed by atoms with Gasteiger partial charge in [0.25, 0.3) is 0 Å². The second kappa shape index (κ2) is 6.03. The zero-order chi connectivity index (χ0) is 12.1. The average molecular weight is 243 g/mol. The first-order chi connectivity index (χ1) is 7.56. The number of hydrogen-bond donors (Lipinski definition) is 3. The number of hydrogen-bond acceptors (Lipinski definition) is 6. The van der Waals surface area contributed by atoms with Crippen LogP contribution in [0.15, 0.2) is 12.4 Å². The van der Waals surface area contributed by atoms with E-state index in [-0.39, 0.29) is 0 Å². The van der Waals surface area contributed by atoms with Crippen molar-refractivity contribution in [3.05, 3.63) is 18.0 Å². The number of thiol groups is 1. The van der Waals surface area contributed by atoms with Crippen LogP contribution in [0.25, 0.3) is 0 Å². The van der Waals surface area contributed by atoms with Gasteiger partial charge in [0, 0.05) is 32.1 Å². The predicted molar refractivity (Wildman–Crippen MR) is 65.8 cm³/mol. The van der Waals surface area contributed by atoms with Crippen LogP contribution in [0.4, 0.5) is 5.95 Å². The molecule has 90 valence electrons. The summed E-state index contributed by atoms with van der Waals surface area (Å²) in [7, 11) is 3.67. The van der Waals surface area contributed by atoms with Gasteiger partial charge in [0.05, 0.1) is 6.10 Å². The molecule has 0 spiro atoms. The summed E-state index contributed by atoms with van der Waals surface area (Å²) in [5.74, 6) is 1.09. The predicted octanol–water partition coefficient (Wildman–Crippen LogP) is 0.257. The van der Waals surface area contributed by atoms with Crippen LogP contribution in [0.5, 0.6) is 0 Å². The van der Waals surface area contributed by atoms with Crippen LogP contribution in [0.3, 0.4) is 0 Å². The minimum absolute atomic E-state index is 0.430. The van der Waals surface area contributed by atoms with Gasteiger partial charge in [-0.3, -0.25) is 0 Å². The van der Waals surface area contributed by atoms with E-state index in [1.165, 1.54) is 12.4 Å². The van der Waals surface area contributed by atoms with Gasteiger partial charge in [-0.05, 0) is 12.2 Å². The number of anilines is 1. The third-order valence-electron chi connectivity index (χ3n) is 2.19. The second-order valence-electron chi connectivity index (χ2n) is 3.74. The standard InChI is InChI=1S/C10H17N3O2S/c1-13(2)10-11-5-7(6-12-10)9(15)8(14)3-4-16/h5-6,8-9,14-16H,3-4H2,1-2H3. The molecule has 0 fully saturated rings. The van der Waals surface area contributed by atoms with Gasteiger partial charge < -0.3 is 15.1 Å². The summed E-state index contributed by atoms with van der Waals surface area (Å²) in [5, 5.41) is 19.4. The Morgan fingerprint density at radius 3 is 2.31 bits per heavy atom. The summed E-state index contributed by atoms with van der Waals surface area (Å²) < 4.78 is 0. The lowest BCUT2D eigenvalue weighted by molar-refractivity contribution is 0.0168. The van der Waals surface area contributed by atoms with Crippen molar-refractivity contribution in [2.24, 2.45) is 0 Å². The van der Waals surface area contributed by atoms with Gasteiger partial charge in [-0.2, -0.15) is 12.6 Å².